The maximum absolute atomic E-state index is 13.0. The number of aromatic nitrogens is 2. The van der Waals surface area contributed by atoms with Crippen molar-refractivity contribution in [2.24, 2.45) is 5.84 Å². The highest BCUT2D eigenvalue weighted by Crippen LogP contribution is 2.23. The van der Waals surface area contributed by atoms with E-state index < -0.39 is 0 Å². The smallest absolute Gasteiger partial charge is 0.123 e. The minimum atomic E-state index is -0.270. The van der Waals surface area contributed by atoms with Crippen LogP contribution in [0.4, 0.5) is 4.39 Å². The number of fused-ring (bicyclic) bond motifs is 1. The van der Waals surface area contributed by atoms with E-state index in [1.54, 1.807) is 24.5 Å². The number of benzene rings is 2. The molecule has 3 rings (SSSR count). The Hall–Kier alpha value is -2.37. The predicted molar refractivity (Wildman–Crippen MR) is 75.1 cm³/mol. The standard InChI is InChI=1S/C15H13FN4/c16-12-4-1-10(2-5-12)15(20-17)11-3-6-13-14(9-11)19-8-7-18-13/h1-9,15,20H,17H2. The molecule has 0 spiro atoms. The van der Waals surface area contributed by atoms with Gasteiger partial charge in [-0.2, -0.15) is 0 Å². The molecular formula is C15H13FN4. The zero-order valence-corrected chi connectivity index (χ0v) is 10.6. The summed E-state index contributed by atoms with van der Waals surface area (Å²) in [4.78, 5) is 8.50. The molecule has 0 radical (unpaired) electrons. The molecule has 0 saturated carbocycles. The Bertz CT molecular complexity index is 727. The fourth-order valence-electron chi connectivity index (χ4n) is 2.20. The molecule has 0 aliphatic carbocycles. The van der Waals surface area contributed by atoms with E-state index in [-0.39, 0.29) is 11.9 Å². The monoisotopic (exact) mass is 268 g/mol. The topological polar surface area (TPSA) is 63.8 Å². The Morgan fingerprint density at radius 2 is 1.55 bits per heavy atom. The highest BCUT2D eigenvalue weighted by molar-refractivity contribution is 5.74. The third-order valence-electron chi connectivity index (χ3n) is 3.20. The summed E-state index contributed by atoms with van der Waals surface area (Å²) in [5.41, 5.74) is 6.21. The van der Waals surface area contributed by atoms with Gasteiger partial charge in [0.15, 0.2) is 0 Å². The lowest BCUT2D eigenvalue weighted by atomic mass is 9.99. The average Bonchev–Trinajstić information content (AvgIpc) is 2.50. The van der Waals surface area contributed by atoms with E-state index in [1.807, 2.05) is 18.2 Å². The van der Waals surface area contributed by atoms with Gasteiger partial charge in [0, 0.05) is 12.4 Å². The van der Waals surface area contributed by atoms with Crippen molar-refractivity contribution in [1.82, 2.24) is 15.4 Å². The van der Waals surface area contributed by atoms with Crippen LogP contribution in [0.15, 0.2) is 54.9 Å². The summed E-state index contributed by atoms with van der Waals surface area (Å²) in [6, 6.07) is 11.8. The summed E-state index contributed by atoms with van der Waals surface area (Å²) in [7, 11) is 0. The van der Waals surface area contributed by atoms with Gasteiger partial charge in [-0.25, -0.2) is 9.82 Å². The Labute approximate surface area is 115 Å². The first kappa shape index (κ1) is 12.7. The van der Waals surface area contributed by atoms with Crippen LogP contribution in [0.2, 0.25) is 0 Å². The Morgan fingerprint density at radius 1 is 0.900 bits per heavy atom. The quantitative estimate of drug-likeness (QED) is 0.565. The Morgan fingerprint density at radius 3 is 2.25 bits per heavy atom. The van der Waals surface area contributed by atoms with Crippen LogP contribution in [0.25, 0.3) is 11.0 Å². The molecule has 0 aliphatic rings. The van der Waals surface area contributed by atoms with Crippen molar-refractivity contribution in [3.8, 4) is 0 Å². The molecule has 0 bridgehead atoms. The van der Waals surface area contributed by atoms with Gasteiger partial charge in [-0.05, 0) is 35.4 Å². The Balaban J connectivity index is 2.04. The Kier molecular flexibility index (Phi) is 3.37. The molecule has 0 saturated heterocycles. The maximum atomic E-state index is 13.0. The molecule has 1 unspecified atom stereocenters. The number of rotatable bonds is 3. The number of nitrogens with two attached hydrogens (primary N) is 1. The van der Waals surface area contributed by atoms with Gasteiger partial charge in [0.25, 0.3) is 0 Å². The van der Waals surface area contributed by atoms with E-state index in [0.29, 0.717) is 0 Å². The van der Waals surface area contributed by atoms with Crippen LogP contribution in [0.3, 0.4) is 0 Å². The van der Waals surface area contributed by atoms with Crippen molar-refractivity contribution in [3.05, 3.63) is 71.8 Å². The number of hydrogen-bond acceptors (Lipinski definition) is 4. The number of nitrogens with one attached hydrogen (secondary N) is 1. The maximum Gasteiger partial charge on any atom is 0.123 e. The molecular weight excluding hydrogens is 255 g/mol. The summed E-state index contributed by atoms with van der Waals surface area (Å²) >= 11 is 0. The van der Waals surface area contributed by atoms with Crippen molar-refractivity contribution in [2.45, 2.75) is 6.04 Å². The van der Waals surface area contributed by atoms with E-state index in [9.17, 15) is 4.39 Å². The second-order valence-electron chi connectivity index (χ2n) is 4.46. The lowest BCUT2D eigenvalue weighted by molar-refractivity contribution is 0.615. The minimum Gasteiger partial charge on any atom is -0.271 e. The highest BCUT2D eigenvalue weighted by Gasteiger charge is 2.13. The molecule has 20 heavy (non-hydrogen) atoms. The first-order valence-corrected chi connectivity index (χ1v) is 6.20. The van der Waals surface area contributed by atoms with E-state index in [4.69, 9.17) is 5.84 Å². The molecule has 100 valence electrons. The highest BCUT2D eigenvalue weighted by atomic mass is 19.1. The molecule has 1 heterocycles. The largest absolute Gasteiger partial charge is 0.271 e. The van der Waals surface area contributed by atoms with Crippen molar-refractivity contribution < 1.29 is 4.39 Å². The fraction of sp³-hybridized carbons (Fsp3) is 0.0667. The third-order valence-corrected chi connectivity index (χ3v) is 3.20. The first-order valence-electron chi connectivity index (χ1n) is 6.20. The van der Waals surface area contributed by atoms with Gasteiger partial charge in [0.2, 0.25) is 0 Å². The van der Waals surface area contributed by atoms with Crippen LogP contribution in [0.1, 0.15) is 17.2 Å². The molecule has 2 aromatic carbocycles. The predicted octanol–water partition coefficient (Wildman–Crippen LogP) is 2.32. The van der Waals surface area contributed by atoms with Crippen LogP contribution in [-0.2, 0) is 0 Å². The molecule has 0 fully saturated rings. The molecule has 1 aromatic heterocycles. The summed E-state index contributed by atoms with van der Waals surface area (Å²) < 4.78 is 13.0. The SMILES string of the molecule is NNC(c1ccc(F)cc1)c1ccc2nccnc2c1. The molecule has 3 N–H and O–H groups in total. The van der Waals surface area contributed by atoms with Gasteiger partial charge < -0.3 is 0 Å². The first-order chi connectivity index (χ1) is 9.78. The number of hydrogen-bond donors (Lipinski definition) is 2. The molecule has 1 atom stereocenters. The van der Waals surface area contributed by atoms with Crippen LogP contribution in [0, 0.1) is 5.82 Å². The zero-order valence-electron chi connectivity index (χ0n) is 10.6. The van der Waals surface area contributed by atoms with Crippen LogP contribution in [0.5, 0.6) is 0 Å². The van der Waals surface area contributed by atoms with E-state index in [2.05, 4.69) is 15.4 Å². The van der Waals surface area contributed by atoms with Crippen LogP contribution >= 0.6 is 0 Å². The van der Waals surface area contributed by atoms with Crippen molar-refractivity contribution in [1.29, 1.82) is 0 Å². The molecule has 4 nitrogen and oxygen atoms in total. The fourth-order valence-corrected chi connectivity index (χ4v) is 2.20. The van der Waals surface area contributed by atoms with Gasteiger partial charge in [0.05, 0.1) is 17.1 Å². The normalized spacial score (nSPS) is 12.5. The van der Waals surface area contributed by atoms with Crippen LogP contribution < -0.4 is 11.3 Å². The average molecular weight is 268 g/mol. The lowest BCUT2D eigenvalue weighted by Crippen LogP contribution is -2.28. The van der Waals surface area contributed by atoms with Gasteiger partial charge in [-0.15, -0.1) is 0 Å². The molecule has 0 amide bonds. The number of halogens is 1. The van der Waals surface area contributed by atoms with Crippen molar-refractivity contribution >= 4 is 11.0 Å². The summed E-state index contributed by atoms with van der Waals surface area (Å²) in [5.74, 6) is 5.37. The minimum absolute atomic E-state index is 0.220. The molecule has 0 aliphatic heterocycles. The van der Waals surface area contributed by atoms with Crippen molar-refractivity contribution in [2.75, 3.05) is 0 Å². The summed E-state index contributed by atoms with van der Waals surface area (Å²) in [6.07, 6.45) is 3.30. The zero-order chi connectivity index (χ0) is 13.9. The molecule has 5 heteroatoms. The van der Waals surface area contributed by atoms with Gasteiger partial charge in [-0.1, -0.05) is 18.2 Å². The van der Waals surface area contributed by atoms with E-state index in [0.717, 1.165) is 22.2 Å². The third kappa shape index (κ3) is 2.36. The molecule has 3 aromatic rings. The van der Waals surface area contributed by atoms with Crippen LogP contribution in [-0.4, -0.2) is 9.97 Å². The second-order valence-corrected chi connectivity index (χ2v) is 4.46. The number of hydrazine groups is 1. The summed E-state index contributed by atoms with van der Waals surface area (Å²) in [6.45, 7) is 0. The van der Waals surface area contributed by atoms with Gasteiger partial charge in [0.1, 0.15) is 5.82 Å². The van der Waals surface area contributed by atoms with E-state index in [1.165, 1.54) is 12.1 Å². The van der Waals surface area contributed by atoms with Gasteiger partial charge >= 0.3 is 0 Å². The summed E-state index contributed by atoms with van der Waals surface area (Å²) in [5, 5.41) is 0. The number of nitrogens with zero attached hydrogens (tertiary/aromatic N) is 2. The second kappa shape index (κ2) is 5.32. The van der Waals surface area contributed by atoms with Crippen molar-refractivity contribution in [3.63, 3.8) is 0 Å². The van der Waals surface area contributed by atoms with Gasteiger partial charge in [-0.3, -0.25) is 15.8 Å². The van der Waals surface area contributed by atoms with E-state index >= 15 is 0 Å². The lowest BCUT2D eigenvalue weighted by Gasteiger charge is -2.17.